The Bertz CT molecular complexity index is 1130. The van der Waals surface area contributed by atoms with Crippen LogP contribution < -0.4 is 16.0 Å². The molecule has 0 aliphatic heterocycles. The summed E-state index contributed by atoms with van der Waals surface area (Å²) in [5, 5.41) is 8.57. The van der Waals surface area contributed by atoms with Crippen LogP contribution in [-0.2, 0) is 4.79 Å². The Morgan fingerprint density at radius 1 is 1.15 bits per heavy atom. The third kappa shape index (κ3) is 6.66. The number of hydrogen-bond acceptors (Lipinski definition) is 4. The molecule has 0 atom stereocenters. The van der Waals surface area contributed by atoms with Gasteiger partial charge < -0.3 is 20.9 Å². The number of benzene rings is 1. The van der Waals surface area contributed by atoms with E-state index in [4.69, 9.17) is 11.6 Å². The van der Waals surface area contributed by atoms with Gasteiger partial charge in [0.15, 0.2) is 5.69 Å². The summed E-state index contributed by atoms with van der Waals surface area (Å²) in [6.45, 7) is 7.85. The van der Waals surface area contributed by atoms with E-state index in [1.807, 2.05) is 0 Å². The monoisotopic (exact) mass is 467 g/mol. The summed E-state index contributed by atoms with van der Waals surface area (Å²) in [5.41, 5.74) is 2.19. The van der Waals surface area contributed by atoms with Crippen molar-refractivity contribution in [2.45, 2.75) is 26.7 Å². The van der Waals surface area contributed by atoms with Gasteiger partial charge in [-0.1, -0.05) is 29.8 Å². The Labute approximate surface area is 197 Å². The molecule has 33 heavy (non-hydrogen) atoms. The molecule has 1 aromatic carbocycles. The Morgan fingerprint density at radius 2 is 1.79 bits per heavy atom. The molecule has 9 heteroatoms. The number of rotatable bonds is 9. The van der Waals surface area contributed by atoms with Crippen LogP contribution in [0.25, 0.3) is 0 Å². The number of nitrogens with zero attached hydrogens (tertiary/aromatic N) is 1. The van der Waals surface area contributed by atoms with Crippen LogP contribution in [-0.4, -0.2) is 34.2 Å². The zero-order chi connectivity index (χ0) is 24.0. The van der Waals surface area contributed by atoms with E-state index in [1.54, 1.807) is 50.3 Å². The fourth-order valence-corrected chi connectivity index (χ4v) is 3.37. The number of anilines is 2. The predicted molar refractivity (Wildman–Crippen MR) is 129 cm³/mol. The third-order valence-electron chi connectivity index (χ3n) is 4.89. The van der Waals surface area contributed by atoms with Gasteiger partial charge in [-0.05, 0) is 62.9 Å². The first-order valence-corrected chi connectivity index (χ1v) is 10.9. The van der Waals surface area contributed by atoms with Crippen molar-refractivity contribution in [1.29, 1.82) is 0 Å². The van der Waals surface area contributed by atoms with Gasteiger partial charge in [0, 0.05) is 17.9 Å². The zero-order valence-corrected chi connectivity index (χ0v) is 19.3. The first-order valence-electron chi connectivity index (χ1n) is 10.5. The third-order valence-corrected chi connectivity index (χ3v) is 5.21. The first-order chi connectivity index (χ1) is 15.8. The molecule has 1 saturated carbocycles. The van der Waals surface area contributed by atoms with Crippen molar-refractivity contribution >= 4 is 40.7 Å². The van der Waals surface area contributed by atoms with Crippen molar-refractivity contribution in [3.8, 4) is 0 Å². The zero-order valence-electron chi connectivity index (χ0n) is 18.5. The van der Waals surface area contributed by atoms with Crippen LogP contribution in [0.4, 0.5) is 11.4 Å². The van der Waals surface area contributed by atoms with E-state index in [1.165, 1.54) is 6.33 Å². The van der Waals surface area contributed by atoms with Gasteiger partial charge in [-0.15, -0.1) is 0 Å². The number of aromatic amines is 1. The number of nitrogens with one attached hydrogen (secondary N) is 4. The van der Waals surface area contributed by atoms with Gasteiger partial charge >= 0.3 is 0 Å². The molecule has 4 N–H and O–H groups in total. The molecule has 0 spiro atoms. The number of halogens is 1. The van der Waals surface area contributed by atoms with E-state index in [9.17, 15) is 14.4 Å². The minimum atomic E-state index is -0.516. The standard InChI is InChI=1S/C24H26ClN5O3/c1-4-18(19(25)11-14(2)3)22(31)29-16-7-9-17(10-8-16)30-24(33)21-20(27-13-28-21)23(32)26-12-15-5-6-15/h4,7-11,13,15H,2,5-6,12H2,1,3H3,(H,26,32)(H,27,28)(H,29,31)(H,30,33)/b18-4?,19-11+. The Morgan fingerprint density at radius 3 is 2.36 bits per heavy atom. The molecule has 172 valence electrons. The van der Waals surface area contributed by atoms with Gasteiger partial charge in [-0.25, -0.2) is 4.98 Å². The van der Waals surface area contributed by atoms with Crippen molar-refractivity contribution < 1.29 is 14.4 Å². The molecule has 1 aliphatic rings. The lowest BCUT2D eigenvalue weighted by molar-refractivity contribution is -0.112. The smallest absolute Gasteiger partial charge is 0.276 e. The lowest BCUT2D eigenvalue weighted by atomic mass is 10.1. The summed E-state index contributed by atoms with van der Waals surface area (Å²) in [5.74, 6) is -0.718. The van der Waals surface area contributed by atoms with Crippen LogP contribution in [0.5, 0.6) is 0 Å². The second kappa shape index (κ2) is 10.8. The van der Waals surface area contributed by atoms with E-state index in [0.717, 1.165) is 18.4 Å². The number of H-pyrrole nitrogens is 1. The second-order valence-corrected chi connectivity index (χ2v) is 8.21. The number of carbonyl (C=O) groups excluding carboxylic acids is 3. The van der Waals surface area contributed by atoms with Crippen LogP contribution in [0, 0.1) is 5.92 Å². The molecule has 3 rings (SSSR count). The number of imidazole rings is 1. The maximum Gasteiger partial charge on any atom is 0.276 e. The minimum absolute atomic E-state index is 0.0114. The number of aromatic nitrogens is 2. The van der Waals surface area contributed by atoms with Crippen molar-refractivity contribution in [2.24, 2.45) is 5.92 Å². The van der Waals surface area contributed by atoms with Gasteiger partial charge in [0.1, 0.15) is 5.69 Å². The van der Waals surface area contributed by atoms with Gasteiger partial charge in [0.05, 0.1) is 16.9 Å². The summed E-state index contributed by atoms with van der Waals surface area (Å²) in [6, 6.07) is 6.55. The highest BCUT2D eigenvalue weighted by atomic mass is 35.5. The van der Waals surface area contributed by atoms with Gasteiger partial charge in [0.25, 0.3) is 17.7 Å². The molecular formula is C24H26ClN5O3. The summed E-state index contributed by atoms with van der Waals surface area (Å²) in [7, 11) is 0. The number of amides is 3. The molecule has 0 bridgehead atoms. The predicted octanol–water partition coefficient (Wildman–Crippen LogP) is 4.39. The molecule has 0 saturated heterocycles. The molecule has 2 aromatic rings. The molecule has 1 aromatic heterocycles. The average molecular weight is 468 g/mol. The topological polar surface area (TPSA) is 116 Å². The highest BCUT2D eigenvalue weighted by molar-refractivity contribution is 6.36. The fourth-order valence-electron chi connectivity index (χ4n) is 2.98. The molecule has 0 unspecified atom stereocenters. The van der Waals surface area contributed by atoms with Crippen molar-refractivity contribution in [2.75, 3.05) is 17.2 Å². The van der Waals surface area contributed by atoms with Gasteiger partial charge in [0.2, 0.25) is 0 Å². The van der Waals surface area contributed by atoms with Crippen LogP contribution in [0.2, 0.25) is 0 Å². The second-order valence-electron chi connectivity index (χ2n) is 7.81. The SMILES string of the molecule is C=C(C)/C=C(/Cl)C(=CC)C(=O)Nc1ccc(NC(=O)c2nc[nH]c2C(=O)NCC2CC2)cc1. The largest absolute Gasteiger partial charge is 0.350 e. The fraction of sp³-hybridized carbons (Fsp3) is 0.250. The van der Waals surface area contributed by atoms with Gasteiger partial charge in [-0.3, -0.25) is 14.4 Å². The van der Waals surface area contributed by atoms with Crippen molar-refractivity contribution in [1.82, 2.24) is 15.3 Å². The van der Waals surface area contributed by atoms with E-state index >= 15 is 0 Å². The molecule has 1 fully saturated rings. The van der Waals surface area contributed by atoms with Gasteiger partial charge in [-0.2, -0.15) is 0 Å². The van der Waals surface area contributed by atoms with Crippen LogP contribution >= 0.6 is 11.6 Å². The number of hydrogen-bond donors (Lipinski definition) is 4. The molecular weight excluding hydrogens is 442 g/mol. The highest BCUT2D eigenvalue weighted by Crippen LogP contribution is 2.27. The van der Waals surface area contributed by atoms with Crippen LogP contribution in [0.1, 0.15) is 47.7 Å². The van der Waals surface area contributed by atoms with Crippen LogP contribution in [0.15, 0.2) is 65.5 Å². The lowest BCUT2D eigenvalue weighted by Gasteiger charge is -2.10. The molecule has 8 nitrogen and oxygen atoms in total. The molecule has 0 radical (unpaired) electrons. The maximum absolute atomic E-state index is 12.6. The maximum atomic E-state index is 12.6. The Balaban J connectivity index is 1.61. The Kier molecular flexibility index (Phi) is 7.84. The molecule has 3 amide bonds. The van der Waals surface area contributed by atoms with E-state index in [2.05, 4.69) is 32.5 Å². The lowest BCUT2D eigenvalue weighted by Crippen LogP contribution is -2.28. The first kappa shape index (κ1) is 24.0. The van der Waals surface area contributed by atoms with Crippen LogP contribution in [0.3, 0.4) is 0 Å². The molecule has 1 heterocycles. The quantitative estimate of drug-likeness (QED) is 0.323. The minimum Gasteiger partial charge on any atom is -0.350 e. The molecule has 1 aliphatic carbocycles. The van der Waals surface area contributed by atoms with E-state index < -0.39 is 5.91 Å². The van der Waals surface area contributed by atoms with E-state index in [0.29, 0.717) is 34.4 Å². The summed E-state index contributed by atoms with van der Waals surface area (Å²) >= 11 is 6.19. The average Bonchev–Trinajstić information content (AvgIpc) is 3.46. The van der Waals surface area contributed by atoms with Crippen molar-refractivity contribution in [3.63, 3.8) is 0 Å². The van der Waals surface area contributed by atoms with E-state index in [-0.39, 0.29) is 23.2 Å². The summed E-state index contributed by atoms with van der Waals surface area (Å²) in [6.07, 6.45) is 6.77. The number of carbonyl (C=O) groups is 3. The summed E-state index contributed by atoms with van der Waals surface area (Å²) < 4.78 is 0. The number of allylic oxidation sites excluding steroid dienone is 3. The summed E-state index contributed by atoms with van der Waals surface area (Å²) in [4.78, 5) is 44.2. The normalized spacial score (nSPS) is 13.9. The Hall–Kier alpha value is -3.65. The highest BCUT2D eigenvalue weighted by Gasteiger charge is 2.25. The van der Waals surface area contributed by atoms with Crippen molar-refractivity contribution in [3.05, 3.63) is 76.9 Å².